The van der Waals surface area contributed by atoms with Gasteiger partial charge in [0.2, 0.25) is 5.91 Å². The predicted molar refractivity (Wildman–Crippen MR) is 88.1 cm³/mol. The van der Waals surface area contributed by atoms with E-state index in [9.17, 15) is 9.90 Å². The summed E-state index contributed by atoms with van der Waals surface area (Å²) in [6.45, 7) is 1.68. The van der Waals surface area contributed by atoms with Gasteiger partial charge in [-0.15, -0.1) is 0 Å². The van der Waals surface area contributed by atoms with Gasteiger partial charge in [-0.05, 0) is 44.4 Å². The lowest BCUT2D eigenvalue weighted by molar-refractivity contribution is -0.117. The van der Waals surface area contributed by atoms with E-state index in [0.717, 1.165) is 32.2 Å². The number of para-hydroxylation sites is 1. The summed E-state index contributed by atoms with van der Waals surface area (Å²) in [5, 5.41) is 13.8. The van der Waals surface area contributed by atoms with Gasteiger partial charge in [0.1, 0.15) is 0 Å². The molecule has 1 atom stereocenters. The molecule has 1 heterocycles. The lowest BCUT2D eigenvalue weighted by Gasteiger charge is -2.38. The van der Waals surface area contributed by atoms with Crippen molar-refractivity contribution in [3.05, 3.63) is 29.3 Å². The average Bonchev–Trinajstić information content (AvgIpc) is 3.27. The highest BCUT2D eigenvalue weighted by Crippen LogP contribution is 2.43. The van der Waals surface area contributed by atoms with Crippen LogP contribution < -0.4 is 5.32 Å². The molecule has 0 spiro atoms. The topological polar surface area (TPSA) is 52.6 Å². The van der Waals surface area contributed by atoms with E-state index in [-0.39, 0.29) is 11.9 Å². The van der Waals surface area contributed by atoms with Crippen molar-refractivity contribution in [3.8, 4) is 0 Å². The minimum absolute atomic E-state index is 0.0276. The summed E-state index contributed by atoms with van der Waals surface area (Å²) >= 11 is 6.05. The molecule has 1 aliphatic heterocycles. The normalized spacial score (nSPS) is 24.0. The molecule has 3 rings (SSSR count). The summed E-state index contributed by atoms with van der Waals surface area (Å²) in [6.07, 6.45) is 5.61. The zero-order chi connectivity index (χ0) is 15.6. The van der Waals surface area contributed by atoms with Gasteiger partial charge in [-0.2, -0.15) is 0 Å². The van der Waals surface area contributed by atoms with Crippen LogP contribution in [0.1, 0.15) is 38.5 Å². The number of hydrogen-bond acceptors (Lipinski definition) is 3. The number of amides is 1. The number of nitrogens with zero attached hydrogens (tertiary/aromatic N) is 1. The van der Waals surface area contributed by atoms with Gasteiger partial charge in [0, 0.05) is 19.0 Å². The van der Waals surface area contributed by atoms with Gasteiger partial charge in [-0.3, -0.25) is 9.69 Å². The summed E-state index contributed by atoms with van der Waals surface area (Å²) in [5.74, 6) is -0.0276. The molecule has 1 unspecified atom stereocenters. The number of carbonyl (C=O) groups is 1. The van der Waals surface area contributed by atoms with Gasteiger partial charge >= 0.3 is 0 Å². The number of hydrogen-bond donors (Lipinski definition) is 2. The molecule has 2 N–H and O–H groups in total. The van der Waals surface area contributed by atoms with Crippen LogP contribution in [0, 0.1) is 0 Å². The van der Waals surface area contributed by atoms with Crippen LogP contribution in [-0.4, -0.2) is 40.6 Å². The SMILES string of the molecule is O=C(CCN1CCCCC1C1(O)CC1)Nc1ccccc1Cl. The monoisotopic (exact) mass is 322 g/mol. The molecule has 22 heavy (non-hydrogen) atoms. The Balaban J connectivity index is 1.53. The highest BCUT2D eigenvalue weighted by molar-refractivity contribution is 6.33. The minimum Gasteiger partial charge on any atom is -0.388 e. The molecule has 1 saturated heterocycles. The molecule has 1 aromatic rings. The molecule has 0 radical (unpaired) electrons. The lowest BCUT2D eigenvalue weighted by atomic mass is 9.95. The van der Waals surface area contributed by atoms with Crippen molar-refractivity contribution in [3.63, 3.8) is 0 Å². The van der Waals surface area contributed by atoms with Gasteiger partial charge in [-0.1, -0.05) is 30.2 Å². The number of nitrogens with one attached hydrogen (secondary N) is 1. The number of aliphatic hydroxyl groups is 1. The molecule has 1 aliphatic carbocycles. The van der Waals surface area contributed by atoms with E-state index >= 15 is 0 Å². The molecular formula is C17H23ClN2O2. The van der Waals surface area contributed by atoms with E-state index in [2.05, 4.69) is 10.2 Å². The van der Waals surface area contributed by atoms with E-state index in [1.165, 1.54) is 6.42 Å². The second-order valence-corrected chi connectivity index (χ2v) is 6.84. The quantitative estimate of drug-likeness (QED) is 0.876. The Kier molecular flexibility index (Phi) is 4.71. The smallest absolute Gasteiger partial charge is 0.225 e. The Bertz CT molecular complexity index is 545. The molecule has 1 amide bonds. The number of carbonyl (C=O) groups excluding carboxylic acids is 1. The van der Waals surface area contributed by atoms with E-state index < -0.39 is 5.60 Å². The zero-order valence-corrected chi connectivity index (χ0v) is 13.5. The third-order valence-corrected chi connectivity index (χ3v) is 5.10. The summed E-state index contributed by atoms with van der Waals surface area (Å²) in [7, 11) is 0. The summed E-state index contributed by atoms with van der Waals surface area (Å²) in [6, 6.07) is 7.49. The van der Waals surface area contributed by atoms with E-state index in [1.54, 1.807) is 12.1 Å². The first-order chi connectivity index (χ1) is 10.6. The maximum atomic E-state index is 12.1. The fourth-order valence-corrected chi connectivity index (χ4v) is 3.53. The van der Waals surface area contributed by atoms with Crippen LogP contribution in [0.2, 0.25) is 5.02 Å². The molecule has 4 nitrogen and oxygen atoms in total. The summed E-state index contributed by atoms with van der Waals surface area (Å²) in [4.78, 5) is 14.4. The van der Waals surface area contributed by atoms with Crippen molar-refractivity contribution in [1.82, 2.24) is 4.90 Å². The van der Waals surface area contributed by atoms with Crippen LogP contribution >= 0.6 is 11.6 Å². The number of rotatable bonds is 5. The molecule has 5 heteroatoms. The molecule has 2 aliphatic rings. The molecule has 0 aromatic heterocycles. The zero-order valence-electron chi connectivity index (χ0n) is 12.7. The van der Waals surface area contributed by atoms with Crippen LogP contribution in [-0.2, 0) is 4.79 Å². The Hall–Kier alpha value is -1.10. The Morgan fingerprint density at radius 1 is 1.36 bits per heavy atom. The molecule has 0 bridgehead atoms. The third-order valence-electron chi connectivity index (χ3n) is 4.77. The van der Waals surface area contributed by atoms with Crippen LogP contribution in [0.25, 0.3) is 0 Å². The van der Waals surface area contributed by atoms with Crippen molar-refractivity contribution in [2.45, 2.75) is 50.2 Å². The molecule has 120 valence electrons. The number of likely N-dealkylation sites (tertiary alicyclic amines) is 1. The minimum atomic E-state index is -0.486. The fraction of sp³-hybridized carbons (Fsp3) is 0.588. The Morgan fingerprint density at radius 3 is 2.86 bits per heavy atom. The maximum absolute atomic E-state index is 12.1. The van der Waals surface area contributed by atoms with Crippen molar-refractivity contribution in [2.75, 3.05) is 18.4 Å². The Labute approximate surface area is 136 Å². The standard InChI is InChI=1S/C17H23ClN2O2/c18-13-5-1-2-6-14(13)19-16(21)8-12-20-11-4-3-7-15(20)17(22)9-10-17/h1-2,5-6,15,22H,3-4,7-12H2,(H,19,21). The van der Waals surface area contributed by atoms with E-state index in [0.29, 0.717) is 23.7 Å². The fourth-order valence-electron chi connectivity index (χ4n) is 3.35. The summed E-state index contributed by atoms with van der Waals surface area (Å²) < 4.78 is 0. The van der Waals surface area contributed by atoms with Crippen molar-refractivity contribution >= 4 is 23.2 Å². The van der Waals surface area contributed by atoms with E-state index in [4.69, 9.17) is 11.6 Å². The summed E-state index contributed by atoms with van der Waals surface area (Å²) in [5.41, 5.74) is 0.171. The predicted octanol–water partition coefficient (Wildman–Crippen LogP) is 3.05. The highest BCUT2D eigenvalue weighted by atomic mass is 35.5. The van der Waals surface area contributed by atoms with Crippen molar-refractivity contribution in [1.29, 1.82) is 0 Å². The number of benzene rings is 1. The number of piperidine rings is 1. The molecule has 1 aromatic carbocycles. The number of anilines is 1. The lowest BCUT2D eigenvalue weighted by Crippen LogP contribution is -2.48. The van der Waals surface area contributed by atoms with Gasteiger partial charge in [0.15, 0.2) is 0 Å². The first-order valence-electron chi connectivity index (χ1n) is 8.09. The van der Waals surface area contributed by atoms with Crippen molar-refractivity contribution in [2.24, 2.45) is 0 Å². The molecule has 1 saturated carbocycles. The van der Waals surface area contributed by atoms with Crippen LogP contribution in [0.5, 0.6) is 0 Å². The van der Waals surface area contributed by atoms with Gasteiger partial charge in [0.05, 0.1) is 16.3 Å². The largest absolute Gasteiger partial charge is 0.388 e. The first-order valence-corrected chi connectivity index (χ1v) is 8.47. The van der Waals surface area contributed by atoms with E-state index in [1.807, 2.05) is 12.1 Å². The second kappa shape index (κ2) is 6.57. The van der Waals surface area contributed by atoms with Crippen LogP contribution in [0.4, 0.5) is 5.69 Å². The molecular weight excluding hydrogens is 300 g/mol. The second-order valence-electron chi connectivity index (χ2n) is 6.43. The van der Waals surface area contributed by atoms with Crippen LogP contribution in [0.15, 0.2) is 24.3 Å². The van der Waals surface area contributed by atoms with Gasteiger partial charge in [-0.25, -0.2) is 0 Å². The van der Waals surface area contributed by atoms with Crippen LogP contribution in [0.3, 0.4) is 0 Å². The van der Waals surface area contributed by atoms with Gasteiger partial charge in [0.25, 0.3) is 0 Å². The van der Waals surface area contributed by atoms with Crippen molar-refractivity contribution < 1.29 is 9.90 Å². The Morgan fingerprint density at radius 2 is 2.14 bits per heavy atom. The number of halogens is 1. The van der Waals surface area contributed by atoms with Gasteiger partial charge < -0.3 is 10.4 Å². The first kappa shape index (κ1) is 15.8. The maximum Gasteiger partial charge on any atom is 0.225 e. The highest BCUT2D eigenvalue weighted by Gasteiger charge is 2.50. The third kappa shape index (κ3) is 3.62. The average molecular weight is 323 g/mol. The molecule has 2 fully saturated rings.